The van der Waals surface area contributed by atoms with Gasteiger partial charge in [-0.05, 0) is 55.5 Å². The minimum atomic E-state index is -0.323. The van der Waals surface area contributed by atoms with Crippen LogP contribution in [0.15, 0.2) is 54.6 Å². The minimum Gasteiger partial charge on any atom is -0.457 e. The topological polar surface area (TPSA) is 58.6 Å². The number of ether oxygens (including phenoxy) is 1. The molecule has 0 aliphatic heterocycles. The summed E-state index contributed by atoms with van der Waals surface area (Å²) in [5.41, 5.74) is 1.12. The number of carbonyl (C=O) groups excluding carboxylic acids is 1. The number of rotatable bonds is 6. The van der Waals surface area contributed by atoms with Gasteiger partial charge in [0.05, 0.1) is 6.10 Å². The summed E-state index contributed by atoms with van der Waals surface area (Å²) in [6, 6.07) is 17.6. The van der Waals surface area contributed by atoms with Crippen molar-refractivity contribution in [2.45, 2.75) is 38.2 Å². The van der Waals surface area contributed by atoms with Gasteiger partial charge in [-0.3, -0.25) is 4.79 Å². The lowest BCUT2D eigenvalue weighted by atomic mass is 9.86. The quantitative estimate of drug-likeness (QED) is 0.844. The van der Waals surface area contributed by atoms with Gasteiger partial charge in [0.1, 0.15) is 11.5 Å². The van der Waals surface area contributed by atoms with Gasteiger partial charge in [-0.1, -0.05) is 36.8 Å². The Morgan fingerprint density at radius 2 is 1.88 bits per heavy atom. The zero-order valence-electron chi connectivity index (χ0n) is 14.4. The van der Waals surface area contributed by atoms with E-state index < -0.39 is 0 Å². The zero-order chi connectivity index (χ0) is 17.5. The summed E-state index contributed by atoms with van der Waals surface area (Å²) in [5.74, 6) is 1.63. The van der Waals surface area contributed by atoms with Gasteiger partial charge in [0.2, 0.25) is 5.91 Å². The lowest BCUT2D eigenvalue weighted by Crippen LogP contribution is -2.36. The second-order valence-electron chi connectivity index (χ2n) is 6.62. The molecule has 0 radical (unpaired) electrons. The Kier molecular flexibility index (Phi) is 6.07. The van der Waals surface area contributed by atoms with Crippen molar-refractivity contribution in [3.8, 4) is 11.5 Å². The fourth-order valence-electron chi connectivity index (χ4n) is 3.27. The van der Waals surface area contributed by atoms with E-state index in [0.717, 1.165) is 42.7 Å². The van der Waals surface area contributed by atoms with Crippen LogP contribution in [-0.2, 0) is 11.2 Å². The van der Waals surface area contributed by atoms with Crippen molar-refractivity contribution in [2.75, 3.05) is 6.54 Å². The van der Waals surface area contributed by atoms with Gasteiger partial charge < -0.3 is 15.2 Å². The molecule has 4 heteroatoms. The van der Waals surface area contributed by atoms with Crippen LogP contribution in [0.5, 0.6) is 11.5 Å². The number of para-hydroxylation sites is 1. The summed E-state index contributed by atoms with van der Waals surface area (Å²) in [7, 11) is 0. The molecule has 0 aromatic heterocycles. The molecule has 2 N–H and O–H groups in total. The summed E-state index contributed by atoms with van der Waals surface area (Å²) in [5, 5.41) is 12.7. The summed E-state index contributed by atoms with van der Waals surface area (Å²) in [6.45, 7) is 0.597. The Hall–Kier alpha value is -2.33. The van der Waals surface area contributed by atoms with Crippen molar-refractivity contribution in [2.24, 2.45) is 5.92 Å². The summed E-state index contributed by atoms with van der Waals surface area (Å²) >= 11 is 0. The standard InChI is InChI=1S/C21H25NO3/c23-18-8-5-7-17(15-18)21(24)22-13-12-16-6-4-11-20(14-16)25-19-9-2-1-3-10-19/h1-4,6,9-11,14,17-18,23H,5,7-8,12-13,15H2,(H,22,24)/t17-,18+/m0/s1. The van der Waals surface area contributed by atoms with Crippen LogP contribution in [0.1, 0.15) is 31.2 Å². The van der Waals surface area contributed by atoms with Gasteiger partial charge in [-0.25, -0.2) is 0 Å². The lowest BCUT2D eigenvalue weighted by molar-refractivity contribution is -0.127. The van der Waals surface area contributed by atoms with E-state index in [-0.39, 0.29) is 17.9 Å². The monoisotopic (exact) mass is 339 g/mol. The van der Waals surface area contributed by atoms with Gasteiger partial charge in [-0.15, -0.1) is 0 Å². The van der Waals surface area contributed by atoms with Crippen molar-refractivity contribution >= 4 is 5.91 Å². The van der Waals surface area contributed by atoms with E-state index in [1.807, 2.05) is 54.6 Å². The molecular weight excluding hydrogens is 314 g/mol. The maximum atomic E-state index is 12.2. The molecule has 0 saturated heterocycles. The number of aliphatic hydroxyl groups is 1. The average Bonchev–Trinajstić information content (AvgIpc) is 2.63. The first kappa shape index (κ1) is 17.5. The number of carbonyl (C=O) groups is 1. The van der Waals surface area contributed by atoms with Gasteiger partial charge in [0, 0.05) is 12.5 Å². The highest BCUT2D eigenvalue weighted by Crippen LogP contribution is 2.24. The molecule has 4 nitrogen and oxygen atoms in total. The van der Waals surface area contributed by atoms with Gasteiger partial charge in [0.25, 0.3) is 0 Å². The molecule has 1 amide bonds. The molecule has 2 atom stereocenters. The molecule has 0 bridgehead atoms. The summed E-state index contributed by atoms with van der Waals surface area (Å²) in [6.07, 6.45) is 3.65. The van der Waals surface area contributed by atoms with E-state index in [1.54, 1.807) is 0 Å². The highest BCUT2D eigenvalue weighted by Gasteiger charge is 2.25. The molecule has 1 aliphatic carbocycles. The normalized spacial score (nSPS) is 20.0. The van der Waals surface area contributed by atoms with Crippen LogP contribution in [0.4, 0.5) is 0 Å². The maximum absolute atomic E-state index is 12.2. The number of aliphatic hydroxyl groups excluding tert-OH is 1. The van der Waals surface area contributed by atoms with Gasteiger partial charge in [-0.2, -0.15) is 0 Å². The minimum absolute atomic E-state index is 0.0449. The average molecular weight is 339 g/mol. The van der Waals surface area contributed by atoms with E-state index >= 15 is 0 Å². The molecule has 3 rings (SSSR count). The number of amides is 1. The van der Waals surface area contributed by atoms with Crippen LogP contribution >= 0.6 is 0 Å². The van der Waals surface area contributed by atoms with Crippen LogP contribution in [-0.4, -0.2) is 23.7 Å². The number of hydrogen-bond acceptors (Lipinski definition) is 3. The molecule has 132 valence electrons. The van der Waals surface area contributed by atoms with Gasteiger partial charge >= 0.3 is 0 Å². The van der Waals surface area contributed by atoms with E-state index in [0.29, 0.717) is 13.0 Å². The molecule has 0 spiro atoms. The first-order valence-corrected chi connectivity index (χ1v) is 8.98. The second-order valence-corrected chi connectivity index (χ2v) is 6.62. The first-order valence-electron chi connectivity index (χ1n) is 8.98. The number of benzene rings is 2. The fraction of sp³-hybridized carbons (Fsp3) is 0.381. The molecule has 1 fully saturated rings. The van der Waals surface area contributed by atoms with Crippen molar-refractivity contribution in [3.05, 3.63) is 60.2 Å². The summed E-state index contributed by atoms with van der Waals surface area (Å²) < 4.78 is 5.84. The Morgan fingerprint density at radius 1 is 1.08 bits per heavy atom. The molecule has 1 aliphatic rings. The number of hydrogen-bond donors (Lipinski definition) is 2. The molecule has 25 heavy (non-hydrogen) atoms. The van der Waals surface area contributed by atoms with E-state index in [9.17, 15) is 9.90 Å². The third kappa shape index (κ3) is 5.33. The Bertz CT molecular complexity index is 687. The predicted molar refractivity (Wildman–Crippen MR) is 97.6 cm³/mol. The van der Waals surface area contributed by atoms with Gasteiger partial charge in [0.15, 0.2) is 0 Å². The first-order chi connectivity index (χ1) is 12.2. The van der Waals surface area contributed by atoms with Crippen LogP contribution < -0.4 is 10.1 Å². The van der Waals surface area contributed by atoms with Crippen molar-refractivity contribution in [1.29, 1.82) is 0 Å². The second kappa shape index (κ2) is 8.67. The van der Waals surface area contributed by atoms with Crippen LogP contribution in [0.25, 0.3) is 0 Å². The Morgan fingerprint density at radius 3 is 2.68 bits per heavy atom. The zero-order valence-corrected chi connectivity index (χ0v) is 14.4. The smallest absolute Gasteiger partial charge is 0.223 e. The maximum Gasteiger partial charge on any atom is 0.223 e. The third-order valence-corrected chi connectivity index (χ3v) is 4.61. The predicted octanol–water partition coefficient (Wildman–Crippen LogP) is 3.69. The largest absolute Gasteiger partial charge is 0.457 e. The van der Waals surface area contributed by atoms with E-state index in [2.05, 4.69) is 5.32 Å². The van der Waals surface area contributed by atoms with Crippen LogP contribution in [0.2, 0.25) is 0 Å². The highest BCUT2D eigenvalue weighted by atomic mass is 16.5. The SMILES string of the molecule is O=C(NCCc1cccc(Oc2ccccc2)c1)[C@H]1CCC[C@@H](O)C1. The molecule has 2 aromatic carbocycles. The van der Waals surface area contributed by atoms with Crippen LogP contribution in [0, 0.1) is 5.92 Å². The molecule has 1 saturated carbocycles. The lowest BCUT2D eigenvalue weighted by Gasteiger charge is -2.24. The molecule has 0 heterocycles. The van der Waals surface area contributed by atoms with Crippen molar-refractivity contribution < 1.29 is 14.6 Å². The summed E-state index contributed by atoms with van der Waals surface area (Å²) in [4.78, 5) is 12.2. The van der Waals surface area contributed by atoms with Crippen molar-refractivity contribution in [3.63, 3.8) is 0 Å². The highest BCUT2D eigenvalue weighted by molar-refractivity contribution is 5.78. The molecular formula is C21H25NO3. The fourth-order valence-corrected chi connectivity index (χ4v) is 3.27. The molecule has 0 unspecified atom stereocenters. The van der Waals surface area contributed by atoms with Crippen LogP contribution in [0.3, 0.4) is 0 Å². The number of nitrogens with one attached hydrogen (secondary N) is 1. The Balaban J connectivity index is 1.48. The van der Waals surface area contributed by atoms with E-state index in [4.69, 9.17) is 4.74 Å². The van der Waals surface area contributed by atoms with E-state index in [1.165, 1.54) is 0 Å². The molecule has 2 aromatic rings. The third-order valence-electron chi connectivity index (χ3n) is 4.61. The van der Waals surface area contributed by atoms with Crippen molar-refractivity contribution in [1.82, 2.24) is 5.32 Å². The Labute approximate surface area is 148 Å².